The number of rotatable bonds is 3. The Labute approximate surface area is 110 Å². The molecule has 0 unspecified atom stereocenters. The Balaban J connectivity index is 2.50. The summed E-state index contributed by atoms with van der Waals surface area (Å²) in [6.07, 6.45) is 1.83. The first kappa shape index (κ1) is 12.9. The summed E-state index contributed by atoms with van der Waals surface area (Å²) >= 11 is 5.66. The van der Waals surface area contributed by atoms with E-state index in [0.29, 0.717) is 17.1 Å². The van der Waals surface area contributed by atoms with Gasteiger partial charge in [-0.3, -0.25) is 0 Å². The summed E-state index contributed by atoms with van der Waals surface area (Å²) in [6.45, 7) is 2.08. The van der Waals surface area contributed by atoms with E-state index < -0.39 is 5.82 Å². The van der Waals surface area contributed by atoms with Gasteiger partial charge in [0.15, 0.2) is 0 Å². The minimum Gasteiger partial charge on any atom is -0.383 e. The zero-order chi connectivity index (χ0) is 13.3. The summed E-state index contributed by atoms with van der Waals surface area (Å²) in [4.78, 5) is 4.47. The summed E-state index contributed by atoms with van der Waals surface area (Å²) in [5, 5.41) is 0.0991. The molecule has 2 N–H and O–H groups in total. The zero-order valence-corrected chi connectivity index (χ0v) is 11.1. The number of hydrogen-bond donors (Lipinski definition) is 1. The first-order valence-electron chi connectivity index (χ1n) is 5.81. The summed E-state index contributed by atoms with van der Waals surface area (Å²) in [7, 11) is 1.86. The fourth-order valence-electron chi connectivity index (χ4n) is 1.86. The van der Waals surface area contributed by atoms with Crippen LogP contribution in [0.1, 0.15) is 19.2 Å². The molecule has 0 spiro atoms. The lowest BCUT2D eigenvalue weighted by Gasteiger charge is -2.02. The molecule has 0 radical (unpaired) electrons. The van der Waals surface area contributed by atoms with Gasteiger partial charge >= 0.3 is 0 Å². The molecule has 1 heterocycles. The Morgan fingerprint density at radius 3 is 2.78 bits per heavy atom. The van der Waals surface area contributed by atoms with Gasteiger partial charge in [0.05, 0.1) is 5.02 Å². The van der Waals surface area contributed by atoms with Crippen molar-refractivity contribution in [1.29, 1.82) is 0 Å². The monoisotopic (exact) mass is 267 g/mol. The Hall–Kier alpha value is -1.55. The number of aryl methyl sites for hydroxylation is 1. The SMILES string of the molecule is CCCc1nc(-c2ccc(Cl)c(F)c2)c(N)n1C. The molecule has 5 heteroatoms. The van der Waals surface area contributed by atoms with E-state index in [1.165, 1.54) is 12.1 Å². The molecule has 2 rings (SSSR count). The van der Waals surface area contributed by atoms with Gasteiger partial charge in [-0.15, -0.1) is 0 Å². The molecule has 0 atom stereocenters. The fourth-order valence-corrected chi connectivity index (χ4v) is 1.98. The van der Waals surface area contributed by atoms with E-state index in [4.69, 9.17) is 17.3 Å². The lowest BCUT2D eigenvalue weighted by atomic mass is 10.1. The zero-order valence-electron chi connectivity index (χ0n) is 10.4. The van der Waals surface area contributed by atoms with Gasteiger partial charge in [-0.05, 0) is 18.6 Å². The van der Waals surface area contributed by atoms with Crippen LogP contribution in [0, 0.1) is 5.82 Å². The predicted molar refractivity (Wildman–Crippen MR) is 72.0 cm³/mol. The summed E-state index contributed by atoms with van der Waals surface area (Å²) in [6, 6.07) is 4.59. The molecule has 0 aliphatic heterocycles. The Kier molecular flexibility index (Phi) is 3.57. The van der Waals surface area contributed by atoms with Crippen LogP contribution in [0.25, 0.3) is 11.3 Å². The molecule has 1 aromatic carbocycles. The number of anilines is 1. The highest BCUT2D eigenvalue weighted by atomic mass is 35.5. The Bertz CT molecular complexity index is 578. The van der Waals surface area contributed by atoms with E-state index in [1.807, 2.05) is 11.6 Å². The van der Waals surface area contributed by atoms with Gasteiger partial charge < -0.3 is 10.3 Å². The fraction of sp³-hybridized carbons (Fsp3) is 0.308. The van der Waals surface area contributed by atoms with Gasteiger partial charge in [0, 0.05) is 19.0 Å². The van der Waals surface area contributed by atoms with Gasteiger partial charge in [-0.2, -0.15) is 0 Å². The van der Waals surface area contributed by atoms with Crippen molar-refractivity contribution >= 4 is 17.4 Å². The lowest BCUT2D eigenvalue weighted by Crippen LogP contribution is -2.01. The van der Waals surface area contributed by atoms with E-state index >= 15 is 0 Å². The minimum atomic E-state index is -0.462. The average molecular weight is 268 g/mol. The van der Waals surface area contributed by atoms with Gasteiger partial charge in [0.1, 0.15) is 23.2 Å². The van der Waals surface area contributed by atoms with Crippen LogP contribution >= 0.6 is 11.6 Å². The molecule has 18 heavy (non-hydrogen) atoms. The van der Waals surface area contributed by atoms with Crippen LogP contribution in [0.3, 0.4) is 0 Å². The minimum absolute atomic E-state index is 0.0991. The highest BCUT2D eigenvalue weighted by molar-refractivity contribution is 6.30. The van der Waals surface area contributed by atoms with Crippen LogP contribution in [0.15, 0.2) is 18.2 Å². The smallest absolute Gasteiger partial charge is 0.142 e. The molecular weight excluding hydrogens is 253 g/mol. The van der Waals surface area contributed by atoms with Crippen molar-refractivity contribution in [3.8, 4) is 11.3 Å². The highest BCUT2D eigenvalue weighted by Gasteiger charge is 2.14. The van der Waals surface area contributed by atoms with Crippen LogP contribution < -0.4 is 5.73 Å². The van der Waals surface area contributed by atoms with Gasteiger partial charge in [0.25, 0.3) is 0 Å². The van der Waals surface area contributed by atoms with E-state index in [-0.39, 0.29) is 5.02 Å². The maximum absolute atomic E-state index is 13.4. The molecule has 0 saturated heterocycles. The van der Waals surface area contributed by atoms with E-state index in [9.17, 15) is 4.39 Å². The van der Waals surface area contributed by atoms with Crippen molar-refractivity contribution in [2.24, 2.45) is 7.05 Å². The van der Waals surface area contributed by atoms with Gasteiger partial charge in [0.2, 0.25) is 0 Å². The summed E-state index contributed by atoms with van der Waals surface area (Å²) in [5.41, 5.74) is 7.25. The molecule has 0 saturated carbocycles. The molecule has 96 valence electrons. The quantitative estimate of drug-likeness (QED) is 0.926. The third-order valence-corrected chi connectivity index (χ3v) is 3.21. The second-order valence-corrected chi connectivity index (χ2v) is 4.61. The van der Waals surface area contributed by atoms with Crippen LogP contribution in [-0.4, -0.2) is 9.55 Å². The lowest BCUT2D eigenvalue weighted by molar-refractivity contribution is 0.628. The topological polar surface area (TPSA) is 43.8 Å². The van der Waals surface area contributed by atoms with Crippen molar-refractivity contribution in [3.63, 3.8) is 0 Å². The summed E-state index contributed by atoms with van der Waals surface area (Å²) < 4.78 is 15.3. The van der Waals surface area contributed by atoms with Gasteiger partial charge in [-0.25, -0.2) is 9.37 Å². The third kappa shape index (κ3) is 2.20. The number of nitrogens with two attached hydrogens (primary N) is 1. The van der Waals surface area contributed by atoms with Crippen LogP contribution in [0.5, 0.6) is 0 Å². The first-order chi connectivity index (χ1) is 8.54. The Morgan fingerprint density at radius 2 is 2.17 bits per heavy atom. The molecule has 0 bridgehead atoms. The summed E-state index contributed by atoms with van der Waals surface area (Å²) in [5.74, 6) is 0.983. The second-order valence-electron chi connectivity index (χ2n) is 4.20. The van der Waals surface area contributed by atoms with Crippen molar-refractivity contribution in [1.82, 2.24) is 9.55 Å². The van der Waals surface area contributed by atoms with Crippen molar-refractivity contribution in [2.75, 3.05) is 5.73 Å². The van der Waals surface area contributed by atoms with E-state index in [2.05, 4.69) is 11.9 Å². The molecule has 0 amide bonds. The second kappa shape index (κ2) is 4.98. The number of aromatic nitrogens is 2. The number of imidazole rings is 1. The van der Waals surface area contributed by atoms with E-state index in [1.54, 1.807) is 6.07 Å². The standard InChI is InChI=1S/C13H15ClFN3/c1-3-4-11-17-12(13(16)18(11)2)8-5-6-9(14)10(15)7-8/h5-7H,3-4,16H2,1-2H3. The van der Waals surface area contributed by atoms with Crippen molar-refractivity contribution in [2.45, 2.75) is 19.8 Å². The Morgan fingerprint density at radius 1 is 1.44 bits per heavy atom. The molecule has 2 aromatic rings. The third-order valence-electron chi connectivity index (χ3n) is 2.90. The normalized spacial score (nSPS) is 10.9. The number of nitrogen functional groups attached to an aromatic ring is 1. The number of nitrogens with zero attached hydrogens (tertiary/aromatic N) is 2. The molecule has 0 aliphatic carbocycles. The highest BCUT2D eigenvalue weighted by Crippen LogP contribution is 2.28. The van der Waals surface area contributed by atoms with Crippen LogP contribution in [0.2, 0.25) is 5.02 Å². The average Bonchev–Trinajstić information content (AvgIpc) is 2.62. The molecule has 1 aromatic heterocycles. The largest absolute Gasteiger partial charge is 0.383 e. The number of halogens is 2. The van der Waals surface area contributed by atoms with Crippen LogP contribution in [-0.2, 0) is 13.5 Å². The maximum Gasteiger partial charge on any atom is 0.142 e. The molecular formula is C13H15ClFN3. The number of benzene rings is 1. The van der Waals surface area contributed by atoms with Crippen molar-refractivity contribution in [3.05, 3.63) is 34.9 Å². The van der Waals surface area contributed by atoms with Gasteiger partial charge in [-0.1, -0.05) is 24.6 Å². The maximum atomic E-state index is 13.4. The van der Waals surface area contributed by atoms with Crippen molar-refractivity contribution < 1.29 is 4.39 Å². The van der Waals surface area contributed by atoms with Crippen LogP contribution in [0.4, 0.5) is 10.2 Å². The molecule has 0 fully saturated rings. The molecule has 0 aliphatic rings. The number of hydrogen-bond acceptors (Lipinski definition) is 2. The first-order valence-corrected chi connectivity index (χ1v) is 6.18. The van der Waals surface area contributed by atoms with E-state index in [0.717, 1.165) is 18.7 Å². The molecule has 3 nitrogen and oxygen atoms in total. The predicted octanol–water partition coefficient (Wildman–Crippen LogP) is 3.41.